The first-order valence-electron chi connectivity index (χ1n) is 9.44. The molecule has 1 aliphatic heterocycles. The van der Waals surface area contributed by atoms with Crippen LogP contribution in [0.1, 0.15) is 44.6 Å². The van der Waals surface area contributed by atoms with E-state index in [-0.39, 0.29) is 18.1 Å². The molecule has 1 unspecified atom stereocenters. The molecule has 5 heteroatoms. The van der Waals surface area contributed by atoms with Crippen molar-refractivity contribution in [3.63, 3.8) is 0 Å². The summed E-state index contributed by atoms with van der Waals surface area (Å²) >= 11 is 0. The number of carbonyl (C=O) groups excluding carboxylic acids is 1. The molecule has 0 spiro atoms. The van der Waals surface area contributed by atoms with E-state index in [1.165, 1.54) is 0 Å². The molecule has 1 amide bonds. The summed E-state index contributed by atoms with van der Waals surface area (Å²) in [6.45, 7) is 10.5. The van der Waals surface area contributed by atoms with Gasteiger partial charge in [-0.15, -0.1) is 0 Å². The molecule has 2 aromatic rings. The van der Waals surface area contributed by atoms with E-state index in [1.54, 1.807) is 18.0 Å². The fraction of sp³-hybridized carbons (Fsp3) is 0.524. The van der Waals surface area contributed by atoms with Crippen molar-refractivity contribution in [1.82, 2.24) is 14.8 Å². The molecule has 1 aromatic carbocycles. The third-order valence-electron chi connectivity index (χ3n) is 5.18. The minimum absolute atomic E-state index is 0.0537. The van der Waals surface area contributed by atoms with Crippen LogP contribution in [0.2, 0.25) is 0 Å². The van der Waals surface area contributed by atoms with Gasteiger partial charge in [0.25, 0.3) is 5.91 Å². The van der Waals surface area contributed by atoms with Crippen LogP contribution in [0.25, 0.3) is 10.9 Å². The average molecular weight is 355 g/mol. The van der Waals surface area contributed by atoms with Crippen molar-refractivity contribution in [1.29, 1.82) is 0 Å². The number of aromatic nitrogens is 1. The Labute approximate surface area is 156 Å². The number of ether oxygens (including phenoxy) is 1. The van der Waals surface area contributed by atoms with Gasteiger partial charge in [0.15, 0.2) is 0 Å². The molecule has 2 heterocycles. The lowest BCUT2D eigenvalue weighted by atomic mass is 10.1. The SMILES string of the molecule is CC(C)N1CCC(Oc2ccc3nc(C(=O)N(C)C(C)C)ccc3c2)C1. The van der Waals surface area contributed by atoms with Gasteiger partial charge in [-0.3, -0.25) is 9.69 Å². The second-order valence-corrected chi connectivity index (χ2v) is 7.68. The van der Waals surface area contributed by atoms with Crippen molar-refractivity contribution in [2.24, 2.45) is 0 Å². The molecule has 5 nitrogen and oxygen atoms in total. The number of fused-ring (bicyclic) bond motifs is 1. The van der Waals surface area contributed by atoms with E-state index in [9.17, 15) is 4.79 Å². The molecule has 1 aliphatic rings. The zero-order chi connectivity index (χ0) is 18.8. The van der Waals surface area contributed by atoms with Crippen LogP contribution >= 0.6 is 0 Å². The summed E-state index contributed by atoms with van der Waals surface area (Å²) in [6.07, 6.45) is 1.30. The van der Waals surface area contributed by atoms with Crippen LogP contribution in [-0.4, -0.2) is 59.0 Å². The molecule has 26 heavy (non-hydrogen) atoms. The molecule has 1 atom stereocenters. The number of likely N-dealkylation sites (tertiary alicyclic amines) is 1. The highest BCUT2D eigenvalue weighted by atomic mass is 16.5. The van der Waals surface area contributed by atoms with E-state index in [2.05, 4.69) is 23.7 Å². The van der Waals surface area contributed by atoms with Gasteiger partial charge < -0.3 is 9.64 Å². The highest BCUT2D eigenvalue weighted by Crippen LogP contribution is 2.24. The van der Waals surface area contributed by atoms with Crippen LogP contribution in [0.3, 0.4) is 0 Å². The van der Waals surface area contributed by atoms with Crippen LogP contribution in [0, 0.1) is 0 Å². The molecular weight excluding hydrogens is 326 g/mol. The van der Waals surface area contributed by atoms with Gasteiger partial charge in [-0.25, -0.2) is 4.98 Å². The number of carbonyl (C=O) groups is 1. The first-order valence-corrected chi connectivity index (χ1v) is 9.44. The van der Waals surface area contributed by atoms with E-state index >= 15 is 0 Å². The molecular formula is C21H29N3O2. The number of hydrogen-bond donors (Lipinski definition) is 0. The molecule has 3 rings (SSSR count). The molecule has 1 aromatic heterocycles. The second kappa shape index (κ2) is 7.62. The maximum absolute atomic E-state index is 12.4. The smallest absolute Gasteiger partial charge is 0.272 e. The molecule has 140 valence electrons. The Balaban J connectivity index is 1.74. The highest BCUT2D eigenvalue weighted by Gasteiger charge is 2.25. The third-order valence-corrected chi connectivity index (χ3v) is 5.18. The van der Waals surface area contributed by atoms with Gasteiger partial charge in [-0.05, 0) is 58.4 Å². The zero-order valence-electron chi connectivity index (χ0n) is 16.4. The van der Waals surface area contributed by atoms with Gasteiger partial charge >= 0.3 is 0 Å². The Morgan fingerprint density at radius 3 is 2.65 bits per heavy atom. The lowest BCUT2D eigenvalue weighted by Gasteiger charge is -2.21. The van der Waals surface area contributed by atoms with E-state index in [1.807, 2.05) is 38.1 Å². The van der Waals surface area contributed by atoms with E-state index < -0.39 is 0 Å². The summed E-state index contributed by atoms with van der Waals surface area (Å²) in [6, 6.07) is 10.4. The van der Waals surface area contributed by atoms with Crippen molar-refractivity contribution < 1.29 is 9.53 Å². The number of benzene rings is 1. The summed E-state index contributed by atoms with van der Waals surface area (Å²) < 4.78 is 6.17. The van der Waals surface area contributed by atoms with Crippen LogP contribution in [-0.2, 0) is 0 Å². The number of hydrogen-bond acceptors (Lipinski definition) is 4. The molecule has 1 fully saturated rings. The second-order valence-electron chi connectivity index (χ2n) is 7.68. The molecule has 0 saturated carbocycles. The summed E-state index contributed by atoms with van der Waals surface area (Å²) in [4.78, 5) is 21.1. The molecule has 0 bridgehead atoms. The van der Waals surface area contributed by atoms with E-state index in [0.717, 1.165) is 36.2 Å². The first-order chi connectivity index (χ1) is 12.3. The topological polar surface area (TPSA) is 45.7 Å². The van der Waals surface area contributed by atoms with Gasteiger partial charge in [-0.1, -0.05) is 6.07 Å². The van der Waals surface area contributed by atoms with E-state index in [4.69, 9.17) is 4.74 Å². The standard InChI is InChI=1S/C21H29N3O2/c1-14(2)23(5)21(25)20-8-6-16-12-17(7-9-19(16)22-20)26-18-10-11-24(13-18)15(3)4/h6-9,12,14-15,18H,10-11,13H2,1-5H3. The quantitative estimate of drug-likeness (QED) is 0.822. The van der Waals surface area contributed by atoms with Crippen molar-refractivity contribution in [3.05, 3.63) is 36.0 Å². The van der Waals surface area contributed by atoms with Crippen LogP contribution in [0.15, 0.2) is 30.3 Å². The Kier molecular flexibility index (Phi) is 5.47. The number of nitrogens with zero attached hydrogens (tertiary/aromatic N) is 3. The normalized spacial score (nSPS) is 18.0. The van der Waals surface area contributed by atoms with Crippen LogP contribution in [0.5, 0.6) is 5.75 Å². The largest absolute Gasteiger partial charge is 0.489 e. The Hall–Kier alpha value is -2.14. The number of amides is 1. The highest BCUT2D eigenvalue weighted by molar-refractivity contribution is 5.95. The predicted octanol–water partition coefficient (Wildman–Crippen LogP) is 3.58. The zero-order valence-corrected chi connectivity index (χ0v) is 16.4. The van der Waals surface area contributed by atoms with Crippen molar-refractivity contribution in [2.45, 2.75) is 52.3 Å². The summed E-state index contributed by atoms with van der Waals surface area (Å²) in [5.74, 6) is 0.815. The van der Waals surface area contributed by atoms with Gasteiger partial charge in [-0.2, -0.15) is 0 Å². The maximum atomic E-state index is 12.4. The van der Waals surface area contributed by atoms with Crippen molar-refractivity contribution >= 4 is 16.8 Å². The summed E-state index contributed by atoms with van der Waals surface area (Å²) in [5.41, 5.74) is 1.29. The lowest BCUT2D eigenvalue weighted by Crippen LogP contribution is -2.33. The molecule has 0 radical (unpaired) electrons. The van der Waals surface area contributed by atoms with Gasteiger partial charge in [0, 0.05) is 37.6 Å². The van der Waals surface area contributed by atoms with Gasteiger partial charge in [0.2, 0.25) is 0 Å². The minimum atomic E-state index is -0.0537. The summed E-state index contributed by atoms with van der Waals surface area (Å²) in [5, 5.41) is 0.991. The maximum Gasteiger partial charge on any atom is 0.272 e. The summed E-state index contributed by atoms with van der Waals surface area (Å²) in [7, 11) is 1.80. The van der Waals surface area contributed by atoms with Gasteiger partial charge in [0.1, 0.15) is 17.5 Å². The predicted molar refractivity (Wildman–Crippen MR) is 105 cm³/mol. The van der Waals surface area contributed by atoms with Crippen LogP contribution in [0.4, 0.5) is 0 Å². The fourth-order valence-corrected chi connectivity index (χ4v) is 3.22. The number of rotatable bonds is 5. The van der Waals surface area contributed by atoms with E-state index in [0.29, 0.717) is 11.7 Å². The molecule has 0 aliphatic carbocycles. The minimum Gasteiger partial charge on any atom is -0.489 e. The molecule has 1 saturated heterocycles. The third kappa shape index (κ3) is 3.98. The first kappa shape index (κ1) is 18.6. The Bertz CT molecular complexity index is 788. The Morgan fingerprint density at radius 1 is 1.23 bits per heavy atom. The van der Waals surface area contributed by atoms with Gasteiger partial charge in [0.05, 0.1) is 5.52 Å². The lowest BCUT2D eigenvalue weighted by molar-refractivity contribution is 0.0749. The average Bonchev–Trinajstić information content (AvgIpc) is 3.08. The number of pyridine rings is 1. The van der Waals surface area contributed by atoms with Crippen molar-refractivity contribution in [2.75, 3.05) is 20.1 Å². The van der Waals surface area contributed by atoms with Crippen molar-refractivity contribution in [3.8, 4) is 5.75 Å². The Morgan fingerprint density at radius 2 is 2.00 bits per heavy atom. The van der Waals surface area contributed by atoms with Crippen LogP contribution < -0.4 is 4.74 Å². The molecule has 0 N–H and O–H groups in total. The fourth-order valence-electron chi connectivity index (χ4n) is 3.22. The monoisotopic (exact) mass is 355 g/mol.